The Kier molecular flexibility index (Phi) is 3.59. The highest BCUT2D eigenvalue weighted by Crippen LogP contribution is 2.24. The molecule has 1 heterocycles. The summed E-state index contributed by atoms with van der Waals surface area (Å²) in [4.78, 5) is 0. The summed E-state index contributed by atoms with van der Waals surface area (Å²) >= 11 is 0. The van der Waals surface area contributed by atoms with Crippen molar-refractivity contribution in [1.82, 2.24) is 5.32 Å². The molecule has 90 valence electrons. The smallest absolute Gasteiger partial charge is 0.125 e. The highest BCUT2D eigenvalue weighted by atomic mass is 19.1. The molecule has 0 aliphatic carbocycles. The molecule has 0 saturated heterocycles. The number of hydrogen-bond donors (Lipinski definition) is 1. The van der Waals surface area contributed by atoms with Crippen LogP contribution in [0, 0.1) is 12.7 Å². The van der Waals surface area contributed by atoms with Gasteiger partial charge in [0.1, 0.15) is 17.3 Å². The van der Waals surface area contributed by atoms with Crippen molar-refractivity contribution >= 4 is 0 Å². The molecule has 3 heteroatoms. The second kappa shape index (κ2) is 5.15. The average Bonchev–Trinajstić information content (AvgIpc) is 2.72. The second-order valence-corrected chi connectivity index (χ2v) is 3.99. The van der Waals surface area contributed by atoms with Crippen LogP contribution >= 0.6 is 0 Å². The molecule has 17 heavy (non-hydrogen) atoms. The third-order valence-corrected chi connectivity index (χ3v) is 2.64. The molecule has 1 atom stereocenters. The minimum absolute atomic E-state index is 0.0931. The number of hydrogen-bond acceptors (Lipinski definition) is 2. The van der Waals surface area contributed by atoms with E-state index in [1.165, 1.54) is 12.1 Å². The third kappa shape index (κ3) is 2.74. The largest absolute Gasteiger partial charge is 0.464 e. The van der Waals surface area contributed by atoms with E-state index in [0.717, 1.165) is 23.6 Å². The van der Waals surface area contributed by atoms with Crippen molar-refractivity contribution in [1.29, 1.82) is 0 Å². The van der Waals surface area contributed by atoms with Crippen molar-refractivity contribution in [2.45, 2.75) is 19.9 Å². The van der Waals surface area contributed by atoms with Crippen LogP contribution in [0.15, 0.2) is 40.8 Å². The molecule has 0 spiro atoms. The molecular weight excluding hydrogens is 217 g/mol. The maximum absolute atomic E-state index is 13.2. The van der Waals surface area contributed by atoms with Crippen LogP contribution in [0.25, 0.3) is 0 Å². The Morgan fingerprint density at radius 3 is 2.71 bits per heavy atom. The van der Waals surface area contributed by atoms with E-state index in [-0.39, 0.29) is 11.9 Å². The van der Waals surface area contributed by atoms with Crippen LogP contribution in [0.4, 0.5) is 4.39 Å². The summed E-state index contributed by atoms with van der Waals surface area (Å²) < 4.78 is 18.8. The van der Waals surface area contributed by atoms with Gasteiger partial charge in [0.2, 0.25) is 0 Å². The first-order chi connectivity index (χ1) is 8.20. The maximum atomic E-state index is 13.2. The minimum atomic E-state index is -0.228. The summed E-state index contributed by atoms with van der Waals surface area (Å²) in [6.45, 7) is 4.71. The molecule has 0 radical (unpaired) electrons. The lowest BCUT2D eigenvalue weighted by Gasteiger charge is -2.16. The topological polar surface area (TPSA) is 25.2 Å². The highest BCUT2D eigenvalue weighted by molar-refractivity contribution is 5.27. The molecule has 0 amide bonds. The first kappa shape index (κ1) is 11.9. The van der Waals surface area contributed by atoms with Crippen molar-refractivity contribution in [3.05, 3.63) is 59.3 Å². The van der Waals surface area contributed by atoms with Crippen LogP contribution < -0.4 is 5.32 Å². The summed E-state index contributed by atoms with van der Waals surface area (Å²) in [5.41, 5.74) is 0.876. The lowest BCUT2D eigenvalue weighted by atomic mass is 10.0. The predicted octanol–water partition coefficient (Wildman–Crippen LogP) is 3.43. The Morgan fingerprint density at radius 1 is 1.29 bits per heavy atom. The number of furan rings is 1. The highest BCUT2D eigenvalue weighted by Gasteiger charge is 2.16. The van der Waals surface area contributed by atoms with E-state index in [1.54, 1.807) is 6.07 Å². The monoisotopic (exact) mass is 233 g/mol. The predicted molar refractivity (Wildman–Crippen MR) is 65.4 cm³/mol. The van der Waals surface area contributed by atoms with Gasteiger partial charge >= 0.3 is 0 Å². The average molecular weight is 233 g/mol. The van der Waals surface area contributed by atoms with Crippen LogP contribution in [-0.4, -0.2) is 6.54 Å². The van der Waals surface area contributed by atoms with Gasteiger partial charge in [-0.05, 0) is 43.3 Å². The Hall–Kier alpha value is -1.61. The van der Waals surface area contributed by atoms with E-state index in [1.807, 2.05) is 32.0 Å². The second-order valence-electron chi connectivity index (χ2n) is 3.99. The molecule has 2 aromatic rings. The van der Waals surface area contributed by atoms with Gasteiger partial charge in [0, 0.05) is 0 Å². The molecule has 2 nitrogen and oxygen atoms in total. The number of halogens is 1. The third-order valence-electron chi connectivity index (χ3n) is 2.64. The summed E-state index contributed by atoms with van der Waals surface area (Å²) in [6.07, 6.45) is 0. The zero-order valence-corrected chi connectivity index (χ0v) is 10.0. The molecule has 1 aromatic carbocycles. The van der Waals surface area contributed by atoms with E-state index in [9.17, 15) is 4.39 Å². The minimum Gasteiger partial charge on any atom is -0.464 e. The maximum Gasteiger partial charge on any atom is 0.125 e. The van der Waals surface area contributed by atoms with Gasteiger partial charge in [-0.25, -0.2) is 4.39 Å². The van der Waals surface area contributed by atoms with Crippen molar-refractivity contribution in [2.75, 3.05) is 6.54 Å². The number of aryl methyl sites for hydroxylation is 1. The lowest BCUT2D eigenvalue weighted by molar-refractivity contribution is 0.434. The quantitative estimate of drug-likeness (QED) is 0.875. The van der Waals surface area contributed by atoms with E-state index < -0.39 is 0 Å². The molecule has 0 fully saturated rings. The molecule has 0 aliphatic rings. The van der Waals surface area contributed by atoms with Crippen LogP contribution in [0.3, 0.4) is 0 Å². The Balaban J connectivity index is 2.35. The fourth-order valence-corrected chi connectivity index (χ4v) is 1.88. The molecule has 1 aromatic heterocycles. The normalized spacial score (nSPS) is 12.6. The van der Waals surface area contributed by atoms with Crippen LogP contribution in [-0.2, 0) is 0 Å². The van der Waals surface area contributed by atoms with Crippen molar-refractivity contribution < 1.29 is 8.81 Å². The van der Waals surface area contributed by atoms with E-state index >= 15 is 0 Å². The molecule has 1 N–H and O–H groups in total. The molecule has 0 aliphatic heterocycles. The van der Waals surface area contributed by atoms with Gasteiger partial charge < -0.3 is 9.73 Å². The number of benzene rings is 1. The van der Waals surface area contributed by atoms with Crippen molar-refractivity contribution in [3.63, 3.8) is 0 Å². The molecule has 2 rings (SSSR count). The SMILES string of the molecule is CCNC(c1cccc(F)c1)c1ccc(C)o1. The van der Waals surface area contributed by atoms with E-state index in [4.69, 9.17) is 4.42 Å². The molecule has 1 unspecified atom stereocenters. The Bertz CT molecular complexity index is 492. The van der Waals surface area contributed by atoms with Gasteiger partial charge in [-0.3, -0.25) is 0 Å². The first-order valence-electron chi connectivity index (χ1n) is 5.76. The van der Waals surface area contributed by atoms with Gasteiger partial charge in [0.25, 0.3) is 0 Å². The van der Waals surface area contributed by atoms with Crippen LogP contribution in [0.2, 0.25) is 0 Å². The van der Waals surface area contributed by atoms with Crippen molar-refractivity contribution in [3.8, 4) is 0 Å². The van der Waals surface area contributed by atoms with Crippen molar-refractivity contribution in [2.24, 2.45) is 0 Å². The molecule has 0 bridgehead atoms. The number of nitrogens with one attached hydrogen (secondary N) is 1. The van der Waals surface area contributed by atoms with Crippen LogP contribution in [0.1, 0.15) is 30.0 Å². The standard InChI is InChI=1S/C14H16FNO/c1-3-16-14(13-8-7-10(2)17-13)11-5-4-6-12(15)9-11/h4-9,14,16H,3H2,1-2H3. The molecular formula is C14H16FNO. The fraction of sp³-hybridized carbons (Fsp3) is 0.286. The zero-order chi connectivity index (χ0) is 12.3. The zero-order valence-electron chi connectivity index (χ0n) is 10.0. The van der Waals surface area contributed by atoms with E-state index in [2.05, 4.69) is 5.32 Å². The van der Waals surface area contributed by atoms with Gasteiger partial charge in [-0.1, -0.05) is 19.1 Å². The van der Waals surface area contributed by atoms with E-state index in [0.29, 0.717) is 0 Å². The lowest BCUT2D eigenvalue weighted by Crippen LogP contribution is -2.21. The summed E-state index contributed by atoms with van der Waals surface area (Å²) in [5, 5.41) is 3.30. The molecule has 0 saturated carbocycles. The van der Waals surface area contributed by atoms with Crippen LogP contribution in [0.5, 0.6) is 0 Å². The number of rotatable bonds is 4. The summed E-state index contributed by atoms with van der Waals surface area (Å²) in [7, 11) is 0. The van der Waals surface area contributed by atoms with Gasteiger partial charge in [-0.15, -0.1) is 0 Å². The summed E-state index contributed by atoms with van der Waals surface area (Å²) in [6, 6.07) is 10.3. The van der Waals surface area contributed by atoms with Gasteiger partial charge in [-0.2, -0.15) is 0 Å². The fourth-order valence-electron chi connectivity index (χ4n) is 1.88. The first-order valence-corrected chi connectivity index (χ1v) is 5.76. The Morgan fingerprint density at radius 2 is 2.12 bits per heavy atom. The van der Waals surface area contributed by atoms with Gasteiger partial charge in [0.15, 0.2) is 0 Å². The Labute approximate surface area is 100 Å². The summed E-state index contributed by atoms with van der Waals surface area (Å²) in [5.74, 6) is 1.45. The van der Waals surface area contributed by atoms with Gasteiger partial charge in [0.05, 0.1) is 6.04 Å².